The average molecular weight is 444 g/mol. The van der Waals surface area contributed by atoms with Gasteiger partial charge in [-0.3, -0.25) is 9.69 Å². The number of nitrogens with zero attached hydrogens (tertiary/aromatic N) is 3. The number of halogens is 2. The molecule has 164 valence electrons. The Morgan fingerprint density at radius 3 is 2.79 bits per heavy atom. The maximum absolute atomic E-state index is 13.1. The third-order valence-corrected chi connectivity index (χ3v) is 6.75. The van der Waals surface area contributed by atoms with Gasteiger partial charge in [-0.15, -0.1) is 24.8 Å². The highest BCUT2D eigenvalue weighted by atomic mass is 35.5. The number of hydrogen-bond acceptors (Lipinski definition) is 5. The molecule has 1 amide bonds. The molecular formula is C21H35Cl2N5O. The number of hydrogen-bond donors (Lipinski definition) is 2. The molecule has 2 aliphatic heterocycles. The van der Waals surface area contributed by atoms with Gasteiger partial charge in [-0.05, 0) is 44.4 Å². The number of rotatable bonds is 5. The van der Waals surface area contributed by atoms with Crippen molar-refractivity contribution in [1.29, 1.82) is 0 Å². The van der Waals surface area contributed by atoms with Crippen molar-refractivity contribution < 1.29 is 4.79 Å². The minimum absolute atomic E-state index is 0. The first-order chi connectivity index (χ1) is 13.2. The summed E-state index contributed by atoms with van der Waals surface area (Å²) in [4.78, 5) is 22.4. The minimum Gasteiger partial charge on any atom is -0.354 e. The Morgan fingerprint density at radius 1 is 1.28 bits per heavy atom. The first kappa shape index (κ1) is 24.2. The van der Waals surface area contributed by atoms with Crippen LogP contribution in [-0.4, -0.2) is 67.6 Å². The molecule has 1 unspecified atom stereocenters. The highest BCUT2D eigenvalue weighted by molar-refractivity contribution is 5.85. The lowest BCUT2D eigenvalue weighted by atomic mass is 9.67. The van der Waals surface area contributed by atoms with Crippen LogP contribution >= 0.6 is 24.8 Å². The van der Waals surface area contributed by atoms with Crippen LogP contribution in [0.15, 0.2) is 24.4 Å². The van der Waals surface area contributed by atoms with Gasteiger partial charge >= 0.3 is 0 Å². The zero-order valence-corrected chi connectivity index (χ0v) is 18.9. The first-order valence-corrected chi connectivity index (χ1v) is 10.6. The van der Waals surface area contributed by atoms with Crippen molar-refractivity contribution in [2.75, 3.05) is 50.7 Å². The molecule has 4 rings (SSSR count). The van der Waals surface area contributed by atoms with Crippen molar-refractivity contribution in [2.45, 2.75) is 38.6 Å². The van der Waals surface area contributed by atoms with E-state index in [1.807, 2.05) is 18.3 Å². The molecule has 8 heteroatoms. The van der Waals surface area contributed by atoms with Crippen LogP contribution in [0.5, 0.6) is 0 Å². The summed E-state index contributed by atoms with van der Waals surface area (Å²) in [6.07, 6.45) is 6.57. The molecule has 3 atom stereocenters. The second-order valence-corrected chi connectivity index (χ2v) is 8.58. The van der Waals surface area contributed by atoms with Crippen LogP contribution in [0.25, 0.3) is 0 Å². The number of aromatic nitrogens is 1. The van der Waals surface area contributed by atoms with Gasteiger partial charge in [0.1, 0.15) is 5.82 Å². The summed E-state index contributed by atoms with van der Waals surface area (Å²) in [6, 6.07) is 6.27. The van der Waals surface area contributed by atoms with Crippen molar-refractivity contribution in [2.24, 2.45) is 11.3 Å². The number of amides is 1. The minimum atomic E-state index is -0.149. The van der Waals surface area contributed by atoms with E-state index in [-0.39, 0.29) is 42.2 Å². The fourth-order valence-corrected chi connectivity index (χ4v) is 5.19. The third kappa shape index (κ3) is 5.35. The molecule has 3 aliphatic rings. The van der Waals surface area contributed by atoms with Gasteiger partial charge in [0.05, 0.1) is 5.41 Å². The summed E-state index contributed by atoms with van der Waals surface area (Å²) in [5.41, 5.74) is -0.149. The number of carbonyl (C=O) groups is 1. The van der Waals surface area contributed by atoms with E-state index >= 15 is 0 Å². The van der Waals surface area contributed by atoms with Crippen LogP contribution in [0.1, 0.15) is 32.6 Å². The molecule has 2 N–H and O–H groups in total. The van der Waals surface area contributed by atoms with E-state index < -0.39 is 0 Å². The van der Waals surface area contributed by atoms with Gasteiger partial charge in [-0.1, -0.05) is 18.9 Å². The largest absolute Gasteiger partial charge is 0.354 e. The smallest absolute Gasteiger partial charge is 0.228 e. The SMILES string of the molecule is CC(CN1CCN(c2ccccn2)CC1)NC(=O)[C@@]12CCCC[C@H]1CNC2.Cl.Cl. The third-order valence-electron chi connectivity index (χ3n) is 6.75. The maximum Gasteiger partial charge on any atom is 0.228 e. The zero-order valence-electron chi connectivity index (χ0n) is 17.3. The second-order valence-electron chi connectivity index (χ2n) is 8.58. The summed E-state index contributed by atoms with van der Waals surface area (Å²) >= 11 is 0. The van der Waals surface area contributed by atoms with E-state index in [0.29, 0.717) is 5.92 Å². The van der Waals surface area contributed by atoms with E-state index in [1.165, 1.54) is 19.3 Å². The van der Waals surface area contributed by atoms with Crippen LogP contribution in [0.4, 0.5) is 5.82 Å². The van der Waals surface area contributed by atoms with Crippen LogP contribution in [0.2, 0.25) is 0 Å². The highest BCUT2D eigenvalue weighted by Crippen LogP contribution is 2.43. The molecule has 6 nitrogen and oxygen atoms in total. The zero-order chi connectivity index (χ0) is 18.7. The van der Waals surface area contributed by atoms with E-state index in [1.54, 1.807) is 0 Å². The van der Waals surface area contributed by atoms with Gasteiger partial charge in [-0.25, -0.2) is 4.98 Å². The molecule has 0 spiro atoms. The number of nitrogens with one attached hydrogen (secondary N) is 2. The molecule has 1 aromatic heterocycles. The molecular weight excluding hydrogens is 409 g/mol. The maximum atomic E-state index is 13.1. The molecule has 29 heavy (non-hydrogen) atoms. The van der Waals surface area contributed by atoms with Crippen molar-refractivity contribution in [1.82, 2.24) is 20.5 Å². The molecule has 1 aliphatic carbocycles. The summed E-state index contributed by atoms with van der Waals surface area (Å²) in [6.45, 7) is 8.98. The fourth-order valence-electron chi connectivity index (χ4n) is 5.19. The number of pyridine rings is 1. The molecule has 3 heterocycles. The lowest BCUT2D eigenvalue weighted by molar-refractivity contribution is -0.134. The Hall–Kier alpha value is -1.08. The van der Waals surface area contributed by atoms with Gasteiger partial charge in [-0.2, -0.15) is 0 Å². The summed E-state index contributed by atoms with van der Waals surface area (Å²) in [5, 5.41) is 6.83. The highest BCUT2D eigenvalue weighted by Gasteiger charge is 2.49. The predicted molar refractivity (Wildman–Crippen MR) is 122 cm³/mol. The number of fused-ring (bicyclic) bond motifs is 1. The average Bonchev–Trinajstić information content (AvgIpc) is 3.14. The second kappa shape index (κ2) is 10.8. The Morgan fingerprint density at radius 2 is 2.07 bits per heavy atom. The Bertz CT molecular complexity index is 641. The topological polar surface area (TPSA) is 60.5 Å². The number of piperazine rings is 1. The van der Waals surface area contributed by atoms with Crippen LogP contribution in [0, 0.1) is 11.3 Å². The normalized spacial score (nSPS) is 27.9. The van der Waals surface area contributed by atoms with Gasteiger partial charge in [0.25, 0.3) is 0 Å². The van der Waals surface area contributed by atoms with Crippen LogP contribution in [0.3, 0.4) is 0 Å². The van der Waals surface area contributed by atoms with E-state index in [0.717, 1.165) is 58.1 Å². The van der Waals surface area contributed by atoms with Crippen molar-refractivity contribution in [3.63, 3.8) is 0 Å². The van der Waals surface area contributed by atoms with Gasteiger partial charge < -0.3 is 15.5 Å². The van der Waals surface area contributed by atoms with Crippen molar-refractivity contribution in [3.05, 3.63) is 24.4 Å². The first-order valence-electron chi connectivity index (χ1n) is 10.6. The van der Waals surface area contributed by atoms with Crippen molar-refractivity contribution in [3.8, 4) is 0 Å². The van der Waals surface area contributed by atoms with Gasteiger partial charge in [0, 0.05) is 51.5 Å². The van der Waals surface area contributed by atoms with Crippen molar-refractivity contribution >= 4 is 36.5 Å². The number of anilines is 1. The standard InChI is InChI=1S/C21H33N5O.2ClH/c1-17(24-20(27)21-8-4-2-6-18(21)14-22-16-21)15-25-10-12-26(13-11-25)19-7-3-5-9-23-19;;/h3,5,7,9,17-18,22H,2,4,6,8,10-16H2,1H3,(H,24,27);2*1H/t17?,18-,21+;;/m0../s1. The molecule has 0 aromatic carbocycles. The molecule has 1 saturated carbocycles. The molecule has 3 fully saturated rings. The van der Waals surface area contributed by atoms with E-state index in [4.69, 9.17) is 0 Å². The summed E-state index contributed by atoms with van der Waals surface area (Å²) in [7, 11) is 0. The van der Waals surface area contributed by atoms with Crippen LogP contribution < -0.4 is 15.5 Å². The van der Waals surface area contributed by atoms with Crippen LogP contribution in [-0.2, 0) is 4.79 Å². The predicted octanol–water partition coefficient (Wildman–Crippen LogP) is 2.33. The quantitative estimate of drug-likeness (QED) is 0.730. The molecule has 2 saturated heterocycles. The lowest BCUT2D eigenvalue weighted by Crippen LogP contribution is -2.54. The summed E-state index contributed by atoms with van der Waals surface area (Å²) < 4.78 is 0. The molecule has 0 radical (unpaired) electrons. The fraction of sp³-hybridized carbons (Fsp3) is 0.714. The monoisotopic (exact) mass is 443 g/mol. The van der Waals surface area contributed by atoms with Gasteiger partial charge in [0.2, 0.25) is 5.91 Å². The molecule has 1 aromatic rings. The number of carbonyl (C=O) groups excluding carboxylic acids is 1. The Balaban J connectivity index is 0.00000150. The molecule has 0 bridgehead atoms. The van der Waals surface area contributed by atoms with E-state index in [9.17, 15) is 4.79 Å². The van der Waals surface area contributed by atoms with Gasteiger partial charge in [0.15, 0.2) is 0 Å². The summed E-state index contributed by atoms with van der Waals surface area (Å²) in [5.74, 6) is 1.88. The Kier molecular flexibility index (Phi) is 9.01. The Labute approximate surface area is 187 Å². The lowest BCUT2D eigenvalue weighted by Gasteiger charge is -2.39. The van der Waals surface area contributed by atoms with E-state index in [2.05, 4.69) is 38.4 Å².